The number of rotatable bonds is 0. The largest absolute Gasteiger partial charge is 0.0610 e. The first-order valence-corrected chi connectivity index (χ1v) is 5.89. The minimum Gasteiger partial charge on any atom is -0.0610 e. The molecule has 80 valence electrons. The summed E-state index contributed by atoms with van der Waals surface area (Å²) in [6, 6.07) is 19.9. The average Bonchev–Trinajstić information content (AvgIpc) is 2.44. The van der Waals surface area contributed by atoms with Crippen molar-refractivity contribution in [2.45, 2.75) is 0 Å². The second-order valence-corrected chi connectivity index (χ2v) is 4.51. The quantitative estimate of drug-likeness (QED) is 0.308. The van der Waals surface area contributed by atoms with Gasteiger partial charge in [0.25, 0.3) is 0 Å². The first kappa shape index (κ1) is 9.50. The minimum absolute atomic E-state index is 0.737. The van der Waals surface area contributed by atoms with Gasteiger partial charge in [0.15, 0.2) is 0 Å². The van der Waals surface area contributed by atoms with E-state index in [0.29, 0.717) is 0 Å². The molecular weight excluding hydrogens is 216 g/mol. The van der Waals surface area contributed by atoms with Crippen molar-refractivity contribution >= 4 is 32.3 Å². The lowest BCUT2D eigenvalue weighted by atomic mass is 9.92. The van der Waals surface area contributed by atoms with Crippen LogP contribution in [-0.2, 0) is 0 Å². The predicted octanol–water partition coefficient (Wildman–Crippen LogP) is 4.32. The molecule has 0 saturated carbocycles. The molecule has 0 bridgehead atoms. The van der Waals surface area contributed by atoms with Crippen molar-refractivity contribution in [3.8, 4) is 5.92 Å². The van der Waals surface area contributed by atoms with E-state index in [4.69, 9.17) is 6.42 Å². The molecule has 2 radical (unpaired) electrons. The molecule has 0 nitrogen and oxygen atoms in total. The van der Waals surface area contributed by atoms with E-state index in [-0.39, 0.29) is 0 Å². The van der Waals surface area contributed by atoms with Gasteiger partial charge in [0.1, 0.15) is 0 Å². The van der Waals surface area contributed by atoms with Crippen LogP contribution >= 0.6 is 0 Å². The molecule has 0 heteroatoms. The lowest BCUT2D eigenvalue weighted by Gasteiger charge is -2.11. The summed E-state index contributed by atoms with van der Waals surface area (Å²) in [7, 11) is 0. The first-order valence-electron chi connectivity index (χ1n) is 5.89. The van der Waals surface area contributed by atoms with E-state index in [9.17, 15) is 0 Å². The highest BCUT2D eigenvalue weighted by molar-refractivity contribution is 6.23. The van der Waals surface area contributed by atoms with Crippen LogP contribution in [0.1, 0.15) is 5.56 Å². The van der Waals surface area contributed by atoms with Gasteiger partial charge in [0.2, 0.25) is 0 Å². The van der Waals surface area contributed by atoms with Gasteiger partial charge in [-0.3, -0.25) is 0 Å². The molecule has 0 amide bonds. The third-order valence-corrected chi connectivity index (χ3v) is 3.58. The molecular formula is C18H8. The first-order chi connectivity index (χ1) is 8.88. The fourth-order valence-electron chi connectivity index (χ4n) is 2.77. The Morgan fingerprint density at radius 2 is 1.56 bits per heavy atom. The molecule has 0 aliphatic carbocycles. The minimum atomic E-state index is 0.737. The van der Waals surface area contributed by atoms with E-state index >= 15 is 0 Å². The van der Waals surface area contributed by atoms with Crippen molar-refractivity contribution in [2.75, 3.05) is 0 Å². The van der Waals surface area contributed by atoms with Crippen LogP contribution in [0, 0.1) is 18.4 Å². The summed E-state index contributed by atoms with van der Waals surface area (Å²) in [5, 5.41) is 7.22. The Morgan fingerprint density at radius 1 is 0.833 bits per heavy atom. The number of hydrogen-bond donors (Lipinski definition) is 0. The van der Waals surface area contributed by atoms with Crippen LogP contribution in [0.25, 0.3) is 32.3 Å². The number of hydrogen-bond acceptors (Lipinski definition) is 0. The van der Waals surface area contributed by atoms with Gasteiger partial charge in [-0.2, -0.15) is 0 Å². The summed E-state index contributed by atoms with van der Waals surface area (Å²) in [4.78, 5) is 0. The van der Waals surface area contributed by atoms with E-state index in [0.717, 1.165) is 10.9 Å². The standard InChI is InChI=1S/C18H8/c1-2-12-6-7-15-9-8-13-4-3-5-14-10-11-16(12)18(15)17(13)14/h3-5,7-11H. The Labute approximate surface area is 105 Å². The van der Waals surface area contributed by atoms with Gasteiger partial charge < -0.3 is 0 Å². The average molecular weight is 224 g/mol. The molecule has 0 aliphatic heterocycles. The molecule has 4 rings (SSSR count). The summed E-state index contributed by atoms with van der Waals surface area (Å²) in [6.45, 7) is 0. The summed E-state index contributed by atoms with van der Waals surface area (Å²) < 4.78 is 0. The van der Waals surface area contributed by atoms with Crippen LogP contribution in [0.3, 0.4) is 0 Å². The van der Waals surface area contributed by atoms with Gasteiger partial charge >= 0.3 is 0 Å². The maximum Gasteiger partial charge on any atom is 0.0413 e. The van der Waals surface area contributed by atoms with Gasteiger partial charge in [-0.1, -0.05) is 48.4 Å². The van der Waals surface area contributed by atoms with E-state index in [1.165, 1.54) is 26.9 Å². The van der Waals surface area contributed by atoms with Gasteiger partial charge in [-0.05, 0) is 50.9 Å². The fraction of sp³-hybridized carbons (Fsp3) is 0. The zero-order chi connectivity index (χ0) is 12.1. The molecule has 0 fully saturated rings. The second-order valence-electron chi connectivity index (χ2n) is 4.51. The monoisotopic (exact) mass is 224 g/mol. The van der Waals surface area contributed by atoms with Crippen LogP contribution in [0.15, 0.2) is 48.5 Å². The molecule has 0 unspecified atom stereocenters. The van der Waals surface area contributed by atoms with Gasteiger partial charge in [0, 0.05) is 5.56 Å². The molecule has 0 heterocycles. The van der Waals surface area contributed by atoms with Crippen molar-refractivity contribution in [1.82, 2.24) is 0 Å². The van der Waals surface area contributed by atoms with Crippen LogP contribution < -0.4 is 0 Å². The van der Waals surface area contributed by atoms with Crippen molar-refractivity contribution in [3.05, 3.63) is 66.6 Å². The third-order valence-electron chi connectivity index (χ3n) is 3.58. The molecule has 0 aliphatic rings. The molecule has 0 N–H and O–H groups in total. The second kappa shape index (κ2) is 3.24. The fourth-order valence-corrected chi connectivity index (χ4v) is 2.77. The summed E-state index contributed by atoms with van der Waals surface area (Å²) in [5.74, 6) is 2.48. The molecule has 0 aromatic heterocycles. The van der Waals surface area contributed by atoms with Crippen molar-refractivity contribution in [2.24, 2.45) is 0 Å². The summed E-state index contributed by atoms with van der Waals surface area (Å²) in [5.41, 5.74) is 0.737. The van der Waals surface area contributed by atoms with E-state index < -0.39 is 0 Å². The highest BCUT2D eigenvalue weighted by atomic mass is 14.1. The third kappa shape index (κ3) is 1.06. The Bertz CT molecular complexity index is 907. The predicted molar refractivity (Wildman–Crippen MR) is 75.2 cm³/mol. The summed E-state index contributed by atoms with van der Waals surface area (Å²) in [6.07, 6.45) is 7.38. The maximum absolute atomic E-state index is 7.38. The van der Waals surface area contributed by atoms with Crippen LogP contribution in [-0.4, -0.2) is 0 Å². The molecule has 0 saturated heterocycles. The van der Waals surface area contributed by atoms with Gasteiger partial charge in [0.05, 0.1) is 0 Å². The Hall–Kier alpha value is -2.52. The van der Waals surface area contributed by atoms with Crippen molar-refractivity contribution in [1.29, 1.82) is 0 Å². The van der Waals surface area contributed by atoms with Gasteiger partial charge in [-0.25, -0.2) is 0 Å². The van der Waals surface area contributed by atoms with Crippen molar-refractivity contribution < 1.29 is 0 Å². The lowest BCUT2D eigenvalue weighted by Crippen LogP contribution is -1.86. The SMILES string of the molecule is [C]#Cc1[c]cc2ccc3cccc4ccc1c2c34. The van der Waals surface area contributed by atoms with Crippen molar-refractivity contribution in [3.63, 3.8) is 0 Å². The Morgan fingerprint density at radius 3 is 2.33 bits per heavy atom. The molecule has 4 aromatic rings. The molecule has 4 aromatic carbocycles. The lowest BCUT2D eigenvalue weighted by molar-refractivity contribution is 1.72. The highest BCUT2D eigenvalue weighted by Crippen LogP contribution is 2.35. The molecule has 18 heavy (non-hydrogen) atoms. The van der Waals surface area contributed by atoms with E-state index in [2.05, 4.69) is 54.5 Å². The van der Waals surface area contributed by atoms with E-state index in [1.54, 1.807) is 0 Å². The zero-order valence-electron chi connectivity index (χ0n) is 9.62. The van der Waals surface area contributed by atoms with Gasteiger partial charge in [-0.15, -0.1) is 0 Å². The van der Waals surface area contributed by atoms with Crippen LogP contribution in [0.4, 0.5) is 0 Å². The Balaban J connectivity index is 2.45. The highest BCUT2D eigenvalue weighted by Gasteiger charge is 2.09. The Kier molecular flexibility index (Phi) is 1.71. The smallest absolute Gasteiger partial charge is 0.0413 e. The summed E-state index contributed by atoms with van der Waals surface area (Å²) >= 11 is 0. The van der Waals surface area contributed by atoms with E-state index in [1.807, 2.05) is 6.07 Å². The number of benzene rings is 4. The zero-order valence-corrected chi connectivity index (χ0v) is 9.62. The molecule has 0 spiro atoms. The topological polar surface area (TPSA) is 0 Å². The molecule has 0 atom stereocenters. The van der Waals surface area contributed by atoms with Crippen LogP contribution in [0.5, 0.6) is 0 Å². The normalized spacial score (nSPS) is 11.3. The van der Waals surface area contributed by atoms with Crippen LogP contribution in [0.2, 0.25) is 0 Å². The maximum atomic E-state index is 7.38.